The summed E-state index contributed by atoms with van der Waals surface area (Å²) in [7, 11) is 0. The van der Waals surface area contributed by atoms with Crippen LogP contribution in [-0.4, -0.2) is 46.9 Å². The molecule has 0 saturated carbocycles. The van der Waals surface area contributed by atoms with Gasteiger partial charge in [-0.2, -0.15) is 11.8 Å². The highest BCUT2D eigenvalue weighted by Crippen LogP contribution is 2.19. The van der Waals surface area contributed by atoms with Crippen LogP contribution in [0.2, 0.25) is 0 Å². The van der Waals surface area contributed by atoms with Gasteiger partial charge in [-0.05, 0) is 56.3 Å². The lowest BCUT2D eigenvalue weighted by Crippen LogP contribution is -2.39. The summed E-state index contributed by atoms with van der Waals surface area (Å²) in [5.41, 5.74) is 1.11. The van der Waals surface area contributed by atoms with Crippen LogP contribution in [0.4, 0.5) is 5.82 Å². The second-order valence-corrected chi connectivity index (χ2v) is 6.91. The molecule has 1 aromatic rings. The summed E-state index contributed by atoms with van der Waals surface area (Å²) in [4.78, 5) is 18.9. The first-order chi connectivity index (χ1) is 10.2. The number of amides is 1. The van der Waals surface area contributed by atoms with Gasteiger partial charge >= 0.3 is 0 Å². The highest BCUT2D eigenvalue weighted by molar-refractivity contribution is 7.99. The minimum absolute atomic E-state index is 0.121. The predicted molar refractivity (Wildman–Crippen MR) is 89.8 cm³/mol. The molecule has 1 aliphatic heterocycles. The molecule has 0 spiro atoms. The Morgan fingerprint density at radius 2 is 2.24 bits per heavy atom. The average molecular weight is 307 g/mol. The van der Waals surface area contributed by atoms with E-state index in [-0.39, 0.29) is 11.8 Å². The van der Waals surface area contributed by atoms with E-state index in [2.05, 4.69) is 22.1 Å². The van der Waals surface area contributed by atoms with Gasteiger partial charge in [-0.1, -0.05) is 6.92 Å². The minimum Gasteiger partial charge on any atom is -0.310 e. The number of rotatable bonds is 6. The second-order valence-electron chi connectivity index (χ2n) is 5.52. The van der Waals surface area contributed by atoms with Gasteiger partial charge < -0.3 is 10.2 Å². The number of thioether (sulfide) groups is 1. The van der Waals surface area contributed by atoms with Crippen LogP contribution in [0.1, 0.15) is 25.3 Å². The predicted octanol–water partition coefficient (Wildman–Crippen LogP) is 2.79. The second kappa shape index (κ2) is 8.39. The summed E-state index contributed by atoms with van der Waals surface area (Å²) in [6.07, 6.45) is 3.64. The standard InChI is InChI=1S/C16H25N3OS/c1-3-21-11-10-19-8-5-14(6-9-19)16(20)18-15-12-13(2)4-7-17-15/h4,7,12,14H,3,5-6,8-11H2,1-2H3,(H,17,18,20). The van der Waals surface area contributed by atoms with Gasteiger partial charge in [0.25, 0.3) is 0 Å². The van der Waals surface area contributed by atoms with Crippen LogP contribution in [0.5, 0.6) is 0 Å². The van der Waals surface area contributed by atoms with E-state index < -0.39 is 0 Å². The van der Waals surface area contributed by atoms with E-state index in [9.17, 15) is 4.79 Å². The number of aromatic nitrogens is 1. The average Bonchev–Trinajstić information content (AvgIpc) is 2.48. The van der Waals surface area contributed by atoms with Crippen LogP contribution >= 0.6 is 11.8 Å². The van der Waals surface area contributed by atoms with Crippen LogP contribution in [0.3, 0.4) is 0 Å². The van der Waals surface area contributed by atoms with E-state index in [1.807, 2.05) is 30.8 Å². The van der Waals surface area contributed by atoms with Crippen molar-refractivity contribution in [2.45, 2.75) is 26.7 Å². The highest BCUT2D eigenvalue weighted by atomic mass is 32.2. The molecule has 0 aromatic carbocycles. The maximum atomic E-state index is 12.3. The lowest BCUT2D eigenvalue weighted by molar-refractivity contribution is -0.121. The van der Waals surface area contributed by atoms with Crippen LogP contribution in [0.15, 0.2) is 18.3 Å². The summed E-state index contributed by atoms with van der Waals surface area (Å²) in [6, 6.07) is 3.84. The summed E-state index contributed by atoms with van der Waals surface area (Å²) in [5.74, 6) is 3.29. The molecule has 1 aromatic heterocycles. The monoisotopic (exact) mass is 307 g/mol. The fraction of sp³-hybridized carbons (Fsp3) is 0.625. The third-order valence-corrected chi connectivity index (χ3v) is 4.76. The van der Waals surface area contributed by atoms with Gasteiger partial charge in [0.15, 0.2) is 0 Å². The Labute approximate surface area is 131 Å². The highest BCUT2D eigenvalue weighted by Gasteiger charge is 2.24. The summed E-state index contributed by atoms with van der Waals surface area (Å²) >= 11 is 1.98. The van der Waals surface area contributed by atoms with Gasteiger partial charge in [-0.15, -0.1) is 0 Å². The van der Waals surface area contributed by atoms with E-state index in [1.54, 1.807) is 6.20 Å². The zero-order valence-electron chi connectivity index (χ0n) is 13.0. The van der Waals surface area contributed by atoms with Crippen molar-refractivity contribution in [3.63, 3.8) is 0 Å². The van der Waals surface area contributed by atoms with E-state index in [1.165, 1.54) is 11.5 Å². The molecule has 2 heterocycles. The molecule has 1 saturated heterocycles. The molecule has 4 nitrogen and oxygen atoms in total. The molecule has 1 amide bonds. The number of nitrogens with one attached hydrogen (secondary N) is 1. The maximum absolute atomic E-state index is 12.3. The third-order valence-electron chi connectivity index (χ3n) is 3.88. The summed E-state index contributed by atoms with van der Waals surface area (Å²) in [5, 5.41) is 2.95. The van der Waals surface area contributed by atoms with Crippen molar-refractivity contribution in [1.82, 2.24) is 9.88 Å². The van der Waals surface area contributed by atoms with Crippen LogP contribution in [0, 0.1) is 12.8 Å². The number of aryl methyl sites for hydroxylation is 1. The van der Waals surface area contributed by atoms with Gasteiger partial charge in [0, 0.05) is 24.4 Å². The number of nitrogens with zero attached hydrogens (tertiary/aromatic N) is 2. The fourth-order valence-electron chi connectivity index (χ4n) is 2.59. The Bertz CT molecular complexity index is 459. The number of hydrogen-bond acceptors (Lipinski definition) is 4. The molecule has 0 unspecified atom stereocenters. The molecule has 5 heteroatoms. The van der Waals surface area contributed by atoms with Gasteiger partial charge in [-0.25, -0.2) is 4.98 Å². The quantitative estimate of drug-likeness (QED) is 0.821. The molecule has 0 atom stereocenters. The molecule has 2 rings (SSSR count). The first kappa shape index (κ1) is 16.3. The number of anilines is 1. The Morgan fingerprint density at radius 1 is 1.48 bits per heavy atom. The van der Waals surface area contributed by atoms with Crippen molar-refractivity contribution in [2.75, 3.05) is 36.5 Å². The number of piperidine rings is 1. The van der Waals surface area contributed by atoms with Crippen molar-refractivity contribution in [2.24, 2.45) is 5.92 Å². The zero-order valence-corrected chi connectivity index (χ0v) is 13.8. The topological polar surface area (TPSA) is 45.2 Å². The molecule has 0 aliphatic carbocycles. The first-order valence-electron chi connectivity index (χ1n) is 7.72. The van der Waals surface area contributed by atoms with Gasteiger partial charge in [0.05, 0.1) is 0 Å². The SMILES string of the molecule is CCSCCN1CCC(C(=O)Nc2cc(C)ccn2)CC1. The molecular weight excluding hydrogens is 282 g/mol. The van der Waals surface area contributed by atoms with Crippen molar-refractivity contribution in [3.05, 3.63) is 23.9 Å². The number of hydrogen-bond donors (Lipinski definition) is 1. The smallest absolute Gasteiger partial charge is 0.228 e. The number of carbonyl (C=O) groups excluding carboxylic acids is 1. The minimum atomic E-state index is 0.121. The van der Waals surface area contributed by atoms with Gasteiger partial charge in [0.1, 0.15) is 5.82 Å². The van der Waals surface area contributed by atoms with Gasteiger partial charge in [0.2, 0.25) is 5.91 Å². The molecule has 1 fully saturated rings. The molecule has 0 bridgehead atoms. The molecule has 0 radical (unpaired) electrons. The normalized spacial score (nSPS) is 16.9. The molecule has 1 N–H and O–H groups in total. The number of pyridine rings is 1. The number of likely N-dealkylation sites (tertiary alicyclic amines) is 1. The van der Waals surface area contributed by atoms with Crippen molar-refractivity contribution >= 4 is 23.5 Å². The third kappa shape index (κ3) is 5.32. The molecule has 1 aliphatic rings. The summed E-state index contributed by atoms with van der Waals surface area (Å²) < 4.78 is 0. The van der Waals surface area contributed by atoms with Crippen molar-refractivity contribution in [3.8, 4) is 0 Å². The zero-order chi connectivity index (χ0) is 15.1. The van der Waals surface area contributed by atoms with Crippen LogP contribution < -0.4 is 5.32 Å². The summed E-state index contributed by atoms with van der Waals surface area (Å²) in [6.45, 7) is 7.41. The Kier molecular flexibility index (Phi) is 6.51. The lowest BCUT2D eigenvalue weighted by atomic mass is 9.96. The Hall–Kier alpha value is -1.07. The van der Waals surface area contributed by atoms with Crippen LogP contribution in [-0.2, 0) is 4.79 Å². The Morgan fingerprint density at radius 3 is 2.90 bits per heavy atom. The van der Waals surface area contributed by atoms with E-state index in [0.717, 1.165) is 38.0 Å². The largest absolute Gasteiger partial charge is 0.310 e. The fourth-order valence-corrected chi connectivity index (χ4v) is 3.27. The van der Waals surface area contributed by atoms with E-state index in [4.69, 9.17) is 0 Å². The van der Waals surface area contributed by atoms with Crippen molar-refractivity contribution in [1.29, 1.82) is 0 Å². The van der Waals surface area contributed by atoms with Crippen molar-refractivity contribution < 1.29 is 4.79 Å². The number of carbonyl (C=O) groups is 1. The van der Waals surface area contributed by atoms with E-state index in [0.29, 0.717) is 5.82 Å². The molecule has 21 heavy (non-hydrogen) atoms. The van der Waals surface area contributed by atoms with Gasteiger partial charge in [-0.3, -0.25) is 4.79 Å². The molecule has 116 valence electrons. The molecular formula is C16H25N3OS. The van der Waals surface area contributed by atoms with E-state index >= 15 is 0 Å². The van der Waals surface area contributed by atoms with Crippen LogP contribution in [0.25, 0.3) is 0 Å². The Balaban J connectivity index is 1.75. The maximum Gasteiger partial charge on any atom is 0.228 e. The first-order valence-corrected chi connectivity index (χ1v) is 8.88. The lowest BCUT2D eigenvalue weighted by Gasteiger charge is -2.31.